The van der Waals surface area contributed by atoms with E-state index in [1.54, 1.807) is 16.9 Å². The van der Waals surface area contributed by atoms with E-state index in [2.05, 4.69) is 30.5 Å². The Bertz CT molecular complexity index is 917. The molecular formula is C18H23Cl2N7O. The molecule has 1 aromatic carbocycles. The summed E-state index contributed by atoms with van der Waals surface area (Å²) in [6.45, 7) is 1.79. The minimum Gasteiger partial charge on any atom is -0.507 e. The van der Waals surface area contributed by atoms with E-state index in [0.717, 1.165) is 30.8 Å². The summed E-state index contributed by atoms with van der Waals surface area (Å²) in [5, 5.41) is 26.5. The zero-order valence-corrected chi connectivity index (χ0v) is 17.2. The average molecular weight is 424 g/mol. The van der Waals surface area contributed by atoms with Crippen molar-refractivity contribution >= 4 is 30.8 Å². The Labute approximate surface area is 175 Å². The van der Waals surface area contributed by atoms with Crippen LogP contribution in [0.15, 0.2) is 36.7 Å². The van der Waals surface area contributed by atoms with Crippen LogP contribution in [-0.2, 0) is 7.05 Å². The summed E-state index contributed by atoms with van der Waals surface area (Å²) >= 11 is 0. The van der Waals surface area contributed by atoms with Crippen molar-refractivity contribution < 1.29 is 5.11 Å². The summed E-state index contributed by atoms with van der Waals surface area (Å²) < 4.78 is 1.73. The number of rotatable bonds is 4. The molecule has 0 spiro atoms. The minimum absolute atomic E-state index is 0. The number of likely N-dealkylation sites (N-methyl/N-ethyl adjacent to an activating group) is 1. The summed E-state index contributed by atoms with van der Waals surface area (Å²) in [5.41, 5.74) is 2.80. The van der Waals surface area contributed by atoms with E-state index in [9.17, 15) is 5.11 Å². The second kappa shape index (κ2) is 9.18. The van der Waals surface area contributed by atoms with Gasteiger partial charge in [0.2, 0.25) is 5.95 Å². The van der Waals surface area contributed by atoms with Crippen LogP contribution in [0.1, 0.15) is 6.42 Å². The topological polar surface area (TPSA) is 92.0 Å². The number of nitrogens with one attached hydrogen (secondary N) is 1. The van der Waals surface area contributed by atoms with Crippen LogP contribution in [0.25, 0.3) is 22.5 Å². The molecule has 150 valence electrons. The molecule has 0 bridgehead atoms. The van der Waals surface area contributed by atoms with Crippen molar-refractivity contribution in [3.63, 3.8) is 0 Å². The Kier molecular flexibility index (Phi) is 7.17. The Balaban J connectivity index is 0.00000140. The fraction of sp³-hybridized carbons (Fsp3) is 0.333. The molecule has 1 unspecified atom stereocenters. The third kappa shape index (κ3) is 4.35. The Hall–Kier alpha value is -2.42. The lowest BCUT2D eigenvalue weighted by Crippen LogP contribution is -2.30. The highest BCUT2D eigenvalue weighted by atomic mass is 35.5. The SMILES string of the molecule is CNC1CCN(c2ncc(-c3ccc(-c4ccn(C)n4)cc3O)nn2)C1.Cl.Cl. The number of phenols is 1. The zero-order chi connectivity index (χ0) is 18.1. The lowest BCUT2D eigenvalue weighted by atomic mass is 10.1. The molecule has 0 aliphatic carbocycles. The molecule has 1 atom stereocenters. The highest BCUT2D eigenvalue weighted by Crippen LogP contribution is 2.31. The maximum absolute atomic E-state index is 10.4. The van der Waals surface area contributed by atoms with Gasteiger partial charge in [0.25, 0.3) is 0 Å². The van der Waals surface area contributed by atoms with E-state index < -0.39 is 0 Å². The molecular weight excluding hydrogens is 401 g/mol. The molecule has 2 N–H and O–H groups in total. The summed E-state index contributed by atoms with van der Waals surface area (Å²) in [4.78, 5) is 6.54. The molecule has 0 saturated carbocycles. The fourth-order valence-corrected chi connectivity index (χ4v) is 3.19. The standard InChI is InChI=1S/C18H21N7O.2ClH/c1-19-13-5-8-25(11-13)18-20-10-16(21-22-18)14-4-3-12(9-17(14)26)15-6-7-24(2)23-15;;/h3-4,6-7,9-10,13,19,26H,5,8,11H2,1-2H3;2*1H. The number of aryl methyl sites for hydroxylation is 1. The Morgan fingerprint density at radius 1 is 1.14 bits per heavy atom. The predicted octanol–water partition coefficient (Wildman–Crippen LogP) is 2.29. The third-order valence-corrected chi connectivity index (χ3v) is 4.71. The van der Waals surface area contributed by atoms with Gasteiger partial charge in [-0.1, -0.05) is 6.07 Å². The van der Waals surface area contributed by atoms with Gasteiger partial charge in [0.05, 0.1) is 11.9 Å². The van der Waals surface area contributed by atoms with Crippen LogP contribution in [-0.4, -0.2) is 56.2 Å². The van der Waals surface area contributed by atoms with Gasteiger partial charge in [-0.15, -0.1) is 35.0 Å². The Morgan fingerprint density at radius 2 is 1.96 bits per heavy atom. The number of hydrogen-bond acceptors (Lipinski definition) is 7. The largest absolute Gasteiger partial charge is 0.507 e. The van der Waals surface area contributed by atoms with Crippen molar-refractivity contribution in [2.24, 2.45) is 7.05 Å². The van der Waals surface area contributed by atoms with E-state index in [1.165, 1.54) is 0 Å². The molecule has 1 aliphatic rings. The molecule has 4 rings (SSSR count). The highest BCUT2D eigenvalue weighted by Gasteiger charge is 2.23. The molecule has 10 heteroatoms. The number of anilines is 1. The van der Waals surface area contributed by atoms with Gasteiger partial charge in [-0.05, 0) is 31.7 Å². The van der Waals surface area contributed by atoms with Crippen molar-refractivity contribution in [3.8, 4) is 28.3 Å². The number of benzene rings is 1. The normalized spacial score (nSPS) is 15.8. The first kappa shape index (κ1) is 21.9. The van der Waals surface area contributed by atoms with Crippen molar-refractivity contribution in [1.82, 2.24) is 30.3 Å². The van der Waals surface area contributed by atoms with Crippen LogP contribution in [0, 0.1) is 0 Å². The van der Waals surface area contributed by atoms with Gasteiger partial charge in [-0.2, -0.15) is 5.10 Å². The van der Waals surface area contributed by atoms with Gasteiger partial charge in [0.1, 0.15) is 11.4 Å². The highest BCUT2D eigenvalue weighted by molar-refractivity contribution is 5.85. The first-order chi connectivity index (χ1) is 12.6. The van der Waals surface area contributed by atoms with Gasteiger partial charge in [-0.25, -0.2) is 4.98 Å². The number of aromatic nitrogens is 5. The smallest absolute Gasteiger partial charge is 0.245 e. The monoisotopic (exact) mass is 423 g/mol. The molecule has 1 saturated heterocycles. The van der Waals surface area contributed by atoms with Crippen LogP contribution in [0.3, 0.4) is 0 Å². The minimum atomic E-state index is 0. The van der Waals surface area contributed by atoms with E-state index in [-0.39, 0.29) is 30.6 Å². The molecule has 3 heterocycles. The van der Waals surface area contributed by atoms with E-state index in [4.69, 9.17) is 0 Å². The lowest BCUT2D eigenvalue weighted by Gasteiger charge is -2.15. The van der Waals surface area contributed by atoms with E-state index in [0.29, 0.717) is 23.2 Å². The molecule has 0 radical (unpaired) electrons. The second-order valence-electron chi connectivity index (χ2n) is 6.47. The van der Waals surface area contributed by atoms with Crippen LogP contribution < -0.4 is 10.2 Å². The number of nitrogens with zero attached hydrogens (tertiary/aromatic N) is 6. The van der Waals surface area contributed by atoms with Gasteiger partial charge in [0.15, 0.2) is 0 Å². The first-order valence-electron chi connectivity index (χ1n) is 8.59. The number of hydrogen-bond donors (Lipinski definition) is 2. The van der Waals surface area contributed by atoms with Gasteiger partial charge >= 0.3 is 0 Å². The summed E-state index contributed by atoms with van der Waals surface area (Å²) in [5.74, 6) is 0.754. The van der Waals surface area contributed by atoms with Gasteiger partial charge in [-0.3, -0.25) is 4.68 Å². The van der Waals surface area contributed by atoms with Crippen LogP contribution >= 0.6 is 24.8 Å². The molecule has 2 aromatic heterocycles. The molecule has 8 nitrogen and oxygen atoms in total. The number of phenolic OH excluding ortho intramolecular Hbond substituents is 1. The van der Waals surface area contributed by atoms with Crippen molar-refractivity contribution in [1.29, 1.82) is 0 Å². The summed E-state index contributed by atoms with van der Waals surface area (Å²) in [6.07, 6.45) is 4.59. The predicted molar refractivity (Wildman–Crippen MR) is 113 cm³/mol. The molecule has 1 fully saturated rings. The average Bonchev–Trinajstić information content (AvgIpc) is 3.31. The maximum atomic E-state index is 10.4. The van der Waals surface area contributed by atoms with Crippen molar-refractivity contribution in [3.05, 3.63) is 36.7 Å². The molecule has 0 amide bonds. The molecule has 28 heavy (non-hydrogen) atoms. The third-order valence-electron chi connectivity index (χ3n) is 4.71. The first-order valence-corrected chi connectivity index (χ1v) is 8.59. The summed E-state index contributed by atoms with van der Waals surface area (Å²) in [7, 11) is 3.83. The van der Waals surface area contributed by atoms with Crippen molar-refractivity contribution in [2.75, 3.05) is 25.0 Å². The zero-order valence-electron chi connectivity index (χ0n) is 15.6. The quantitative estimate of drug-likeness (QED) is 0.664. The number of halogens is 2. The Morgan fingerprint density at radius 3 is 2.54 bits per heavy atom. The van der Waals surface area contributed by atoms with Gasteiger partial charge < -0.3 is 15.3 Å². The van der Waals surface area contributed by atoms with Crippen molar-refractivity contribution in [2.45, 2.75) is 12.5 Å². The lowest BCUT2D eigenvalue weighted by molar-refractivity contribution is 0.477. The van der Waals surface area contributed by atoms with E-state index >= 15 is 0 Å². The van der Waals surface area contributed by atoms with Crippen LogP contribution in [0.2, 0.25) is 0 Å². The van der Waals surface area contributed by atoms with Crippen LogP contribution in [0.5, 0.6) is 5.75 Å². The fourth-order valence-electron chi connectivity index (χ4n) is 3.19. The maximum Gasteiger partial charge on any atom is 0.245 e. The number of aromatic hydroxyl groups is 1. The van der Waals surface area contributed by atoms with Crippen LogP contribution in [0.4, 0.5) is 5.95 Å². The summed E-state index contributed by atoms with van der Waals surface area (Å²) in [6, 6.07) is 7.77. The van der Waals surface area contributed by atoms with Gasteiger partial charge in [0, 0.05) is 43.5 Å². The molecule has 1 aliphatic heterocycles. The molecule has 3 aromatic rings. The van der Waals surface area contributed by atoms with E-state index in [1.807, 2.05) is 38.5 Å². The second-order valence-corrected chi connectivity index (χ2v) is 6.47.